The van der Waals surface area contributed by atoms with Gasteiger partial charge in [0.25, 0.3) is 5.91 Å². The predicted molar refractivity (Wildman–Crippen MR) is 89.0 cm³/mol. The summed E-state index contributed by atoms with van der Waals surface area (Å²) in [6.07, 6.45) is 1.59. The Morgan fingerprint density at radius 1 is 1.36 bits per heavy atom. The summed E-state index contributed by atoms with van der Waals surface area (Å²) >= 11 is 3.36. The van der Waals surface area contributed by atoms with E-state index in [4.69, 9.17) is 10.5 Å². The highest BCUT2D eigenvalue weighted by molar-refractivity contribution is 9.10. The first-order valence-corrected chi connectivity index (χ1v) is 7.76. The second-order valence-electron chi connectivity index (χ2n) is 4.96. The molecule has 6 heteroatoms. The number of ether oxygens (including phenoxy) is 1. The van der Waals surface area contributed by atoms with Crippen LogP contribution in [0.2, 0.25) is 0 Å². The number of hydrogen-bond donors (Lipinski definition) is 2. The minimum atomic E-state index is -0.222. The van der Waals surface area contributed by atoms with Crippen LogP contribution in [0.25, 0.3) is 0 Å². The molecule has 1 amide bonds. The molecule has 1 heterocycles. The first-order chi connectivity index (χ1) is 10.6. The summed E-state index contributed by atoms with van der Waals surface area (Å²) in [6, 6.07) is 10.7. The topological polar surface area (TPSA) is 77.2 Å². The first-order valence-electron chi connectivity index (χ1n) is 6.97. The molecule has 0 aliphatic carbocycles. The zero-order chi connectivity index (χ0) is 15.9. The van der Waals surface area contributed by atoms with Crippen LogP contribution >= 0.6 is 15.9 Å². The average molecular weight is 364 g/mol. The minimum Gasteiger partial charge on any atom is -0.438 e. The van der Waals surface area contributed by atoms with Crippen molar-refractivity contribution in [2.24, 2.45) is 11.7 Å². The standard InChI is InChI=1S/C16H18BrN3O2/c1-11(9-18)10-20-15(21)14-3-2-8-19-16(14)22-13-6-4-12(17)5-7-13/h2-8,11H,9-10,18H2,1H3,(H,20,21). The summed E-state index contributed by atoms with van der Waals surface area (Å²) in [5.41, 5.74) is 5.95. The van der Waals surface area contributed by atoms with Crippen molar-refractivity contribution in [3.05, 3.63) is 52.6 Å². The monoisotopic (exact) mass is 363 g/mol. The number of nitrogens with zero attached hydrogens (tertiary/aromatic N) is 1. The van der Waals surface area contributed by atoms with Gasteiger partial charge < -0.3 is 15.8 Å². The number of hydrogen-bond acceptors (Lipinski definition) is 4. The van der Waals surface area contributed by atoms with Gasteiger partial charge in [-0.2, -0.15) is 0 Å². The van der Waals surface area contributed by atoms with Gasteiger partial charge in [0.1, 0.15) is 11.3 Å². The third-order valence-electron chi connectivity index (χ3n) is 3.06. The van der Waals surface area contributed by atoms with E-state index in [2.05, 4.69) is 26.2 Å². The smallest absolute Gasteiger partial charge is 0.256 e. The van der Waals surface area contributed by atoms with Crippen molar-refractivity contribution in [1.82, 2.24) is 10.3 Å². The number of carbonyl (C=O) groups is 1. The molecule has 1 aromatic heterocycles. The molecule has 5 nitrogen and oxygen atoms in total. The van der Waals surface area contributed by atoms with Gasteiger partial charge in [-0.3, -0.25) is 4.79 Å². The van der Waals surface area contributed by atoms with E-state index in [0.29, 0.717) is 24.4 Å². The van der Waals surface area contributed by atoms with E-state index in [0.717, 1.165) is 4.47 Å². The zero-order valence-corrected chi connectivity index (χ0v) is 13.8. The molecule has 0 bridgehead atoms. The van der Waals surface area contributed by atoms with Gasteiger partial charge in [-0.1, -0.05) is 22.9 Å². The van der Waals surface area contributed by atoms with E-state index in [-0.39, 0.29) is 17.7 Å². The Labute approximate surface area is 138 Å². The van der Waals surface area contributed by atoms with Crippen LogP contribution < -0.4 is 15.8 Å². The van der Waals surface area contributed by atoms with Gasteiger partial charge in [0, 0.05) is 17.2 Å². The van der Waals surface area contributed by atoms with E-state index in [9.17, 15) is 4.79 Å². The van der Waals surface area contributed by atoms with Crippen LogP contribution in [0.5, 0.6) is 11.6 Å². The number of carbonyl (C=O) groups excluding carboxylic acids is 1. The summed E-state index contributed by atoms with van der Waals surface area (Å²) in [5, 5.41) is 2.84. The fourth-order valence-electron chi connectivity index (χ4n) is 1.70. The van der Waals surface area contributed by atoms with Crippen molar-refractivity contribution in [3.8, 4) is 11.6 Å². The molecule has 0 aliphatic rings. The van der Waals surface area contributed by atoms with Crippen LogP contribution in [0.4, 0.5) is 0 Å². The normalized spacial score (nSPS) is 11.8. The lowest BCUT2D eigenvalue weighted by atomic mass is 10.2. The van der Waals surface area contributed by atoms with E-state index in [1.807, 2.05) is 19.1 Å². The number of halogens is 1. The Morgan fingerprint density at radius 3 is 2.77 bits per heavy atom. The zero-order valence-electron chi connectivity index (χ0n) is 12.3. The molecule has 1 unspecified atom stereocenters. The van der Waals surface area contributed by atoms with Gasteiger partial charge in [0.05, 0.1) is 0 Å². The van der Waals surface area contributed by atoms with Crippen LogP contribution in [0, 0.1) is 5.92 Å². The highest BCUT2D eigenvalue weighted by atomic mass is 79.9. The van der Waals surface area contributed by atoms with Crippen molar-refractivity contribution in [3.63, 3.8) is 0 Å². The number of benzene rings is 1. The molecule has 3 N–H and O–H groups in total. The lowest BCUT2D eigenvalue weighted by Gasteiger charge is -2.12. The predicted octanol–water partition coefficient (Wildman–Crippen LogP) is 2.96. The van der Waals surface area contributed by atoms with E-state index in [1.165, 1.54) is 0 Å². The van der Waals surface area contributed by atoms with Gasteiger partial charge in [0.2, 0.25) is 5.88 Å². The van der Waals surface area contributed by atoms with Crippen LogP contribution in [0.15, 0.2) is 47.1 Å². The lowest BCUT2D eigenvalue weighted by Crippen LogP contribution is -2.31. The molecule has 116 valence electrons. The number of rotatable bonds is 6. The summed E-state index contributed by atoms with van der Waals surface area (Å²) < 4.78 is 6.65. The molecule has 0 saturated carbocycles. The van der Waals surface area contributed by atoms with Crippen LogP contribution in [0.3, 0.4) is 0 Å². The molecule has 0 spiro atoms. The van der Waals surface area contributed by atoms with Gasteiger partial charge in [0.15, 0.2) is 0 Å². The van der Waals surface area contributed by atoms with Crippen molar-refractivity contribution in [2.45, 2.75) is 6.92 Å². The first kappa shape index (κ1) is 16.5. The molecule has 0 aliphatic heterocycles. The molecule has 1 atom stereocenters. The third kappa shape index (κ3) is 4.54. The molecule has 0 fully saturated rings. The Bertz CT molecular complexity index is 632. The van der Waals surface area contributed by atoms with Crippen molar-refractivity contribution in [2.75, 3.05) is 13.1 Å². The summed E-state index contributed by atoms with van der Waals surface area (Å²) in [6.45, 7) is 3.01. The van der Waals surface area contributed by atoms with Gasteiger partial charge in [-0.25, -0.2) is 4.98 Å². The molecule has 2 rings (SSSR count). The quantitative estimate of drug-likeness (QED) is 0.826. The fourth-order valence-corrected chi connectivity index (χ4v) is 1.97. The van der Waals surface area contributed by atoms with Crippen molar-refractivity contribution >= 4 is 21.8 Å². The SMILES string of the molecule is CC(CN)CNC(=O)c1cccnc1Oc1ccc(Br)cc1. The second-order valence-corrected chi connectivity index (χ2v) is 5.88. The Kier molecular flexibility index (Phi) is 5.91. The Morgan fingerprint density at radius 2 is 2.09 bits per heavy atom. The lowest BCUT2D eigenvalue weighted by molar-refractivity contribution is 0.0945. The fraction of sp³-hybridized carbons (Fsp3) is 0.250. The number of amides is 1. The molecule has 0 saturated heterocycles. The van der Waals surface area contributed by atoms with Crippen LogP contribution in [-0.4, -0.2) is 24.0 Å². The largest absolute Gasteiger partial charge is 0.438 e. The van der Waals surface area contributed by atoms with E-state index in [1.54, 1.807) is 30.5 Å². The molecule has 22 heavy (non-hydrogen) atoms. The molecular formula is C16H18BrN3O2. The summed E-state index contributed by atoms with van der Waals surface area (Å²) in [5.74, 6) is 0.894. The van der Waals surface area contributed by atoms with Crippen molar-refractivity contribution < 1.29 is 9.53 Å². The highest BCUT2D eigenvalue weighted by Gasteiger charge is 2.14. The Hall–Kier alpha value is -1.92. The molecule has 1 aromatic carbocycles. The molecule has 0 radical (unpaired) electrons. The maximum atomic E-state index is 12.3. The molecule has 2 aromatic rings. The third-order valence-corrected chi connectivity index (χ3v) is 3.59. The second kappa shape index (κ2) is 7.91. The van der Waals surface area contributed by atoms with Crippen LogP contribution in [0.1, 0.15) is 17.3 Å². The van der Waals surface area contributed by atoms with Gasteiger partial charge in [-0.05, 0) is 48.9 Å². The highest BCUT2D eigenvalue weighted by Crippen LogP contribution is 2.24. The van der Waals surface area contributed by atoms with Gasteiger partial charge in [-0.15, -0.1) is 0 Å². The van der Waals surface area contributed by atoms with E-state index >= 15 is 0 Å². The van der Waals surface area contributed by atoms with E-state index < -0.39 is 0 Å². The average Bonchev–Trinajstić information content (AvgIpc) is 2.55. The van der Waals surface area contributed by atoms with Crippen molar-refractivity contribution in [1.29, 1.82) is 0 Å². The maximum Gasteiger partial charge on any atom is 0.256 e. The van der Waals surface area contributed by atoms with Crippen LogP contribution in [-0.2, 0) is 0 Å². The number of nitrogens with one attached hydrogen (secondary N) is 1. The number of pyridine rings is 1. The van der Waals surface area contributed by atoms with Gasteiger partial charge >= 0.3 is 0 Å². The Balaban J connectivity index is 2.12. The number of nitrogens with two attached hydrogens (primary N) is 1. The summed E-state index contributed by atoms with van der Waals surface area (Å²) in [4.78, 5) is 16.4. The molecular weight excluding hydrogens is 346 g/mol. The number of aromatic nitrogens is 1. The minimum absolute atomic E-state index is 0.219. The summed E-state index contributed by atoms with van der Waals surface area (Å²) in [7, 11) is 0. The maximum absolute atomic E-state index is 12.3.